The Kier molecular flexibility index (Phi) is 7.70. The number of esters is 1. The quantitative estimate of drug-likeness (QED) is 0.467. The lowest BCUT2D eigenvalue weighted by atomic mass is 10.1. The number of nitrogens with one attached hydrogen (secondary N) is 2. The normalized spacial score (nSPS) is 12.0. The molecule has 0 saturated heterocycles. The van der Waals surface area contributed by atoms with Crippen molar-refractivity contribution in [1.82, 2.24) is 4.72 Å². The molecule has 0 radical (unpaired) electrons. The smallest absolute Gasteiger partial charge is 0.339 e. The van der Waals surface area contributed by atoms with Crippen LogP contribution >= 0.6 is 11.6 Å². The molecule has 0 aromatic heterocycles. The molecule has 172 valence electrons. The van der Waals surface area contributed by atoms with Crippen LogP contribution in [-0.4, -0.2) is 34.5 Å². The molecule has 0 heterocycles. The van der Waals surface area contributed by atoms with Gasteiger partial charge in [0.15, 0.2) is 0 Å². The first-order valence-corrected chi connectivity index (χ1v) is 11.5. The van der Waals surface area contributed by atoms with Gasteiger partial charge in [0.05, 0.1) is 17.7 Å². The lowest BCUT2D eigenvalue weighted by molar-refractivity contribution is -0.125. The fraction of sp³-hybridized carbons (Fsp3) is 0.130. The van der Waals surface area contributed by atoms with E-state index in [0.717, 1.165) is 6.07 Å². The van der Waals surface area contributed by atoms with Crippen molar-refractivity contribution in [2.45, 2.75) is 11.0 Å². The van der Waals surface area contributed by atoms with Gasteiger partial charge in [-0.3, -0.25) is 4.79 Å². The summed E-state index contributed by atoms with van der Waals surface area (Å²) in [5.41, 5.74) is 0.840. The van der Waals surface area contributed by atoms with Crippen molar-refractivity contribution in [2.75, 3.05) is 19.5 Å². The SMILES string of the molecule is CNS(=O)(=O)c1cc(C(=O)OC(C(=O)Nc2ccc(OC)cc2)c2ccccc2)ccc1Cl. The van der Waals surface area contributed by atoms with E-state index in [1.165, 1.54) is 26.3 Å². The monoisotopic (exact) mass is 488 g/mol. The van der Waals surface area contributed by atoms with Crippen LogP contribution in [0.4, 0.5) is 5.69 Å². The Morgan fingerprint density at radius 2 is 1.64 bits per heavy atom. The Hall–Kier alpha value is -3.40. The molecule has 0 bridgehead atoms. The van der Waals surface area contributed by atoms with Crippen molar-refractivity contribution in [3.63, 3.8) is 0 Å². The number of carbonyl (C=O) groups is 2. The van der Waals surface area contributed by atoms with Crippen LogP contribution in [0.15, 0.2) is 77.7 Å². The summed E-state index contributed by atoms with van der Waals surface area (Å²) in [5.74, 6) is -0.858. The molecule has 0 spiro atoms. The average Bonchev–Trinajstić information content (AvgIpc) is 2.83. The van der Waals surface area contributed by atoms with Gasteiger partial charge < -0.3 is 14.8 Å². The Balaban J connectivity index is 1.89. The average molecular weight is 489 g/mol. The van der Waals surface area contributed by atoms with Gasteiger partial charge in [0.1, 0.15) is 10.6 Å². The number of sulfonamides is 1. The summed E-state index contributed by atoms with van der Waals surface area (Å²) in [6.45, 7) is 0. The third-order valence-electron chi connectivity index (χ3n) is 4.65. The van der Waals surface area contributed by atoms with Gasteiger partial charge in [0.25, 0.3) is 5.91 Å². The minimum atomic E-state index is -3.91. The molecule has 3 aromatic carbocycles. The number of carbonyl (C=O) groups excluding carboxylic acids is 2. The zero-order chi connectivity index (χ0) is 24.0. The van der Waals surface area contributed by atoms with E-state index >= 15 is 0 Å². The molecule has 0 aliphatic carbocycles. The minimum absolute atomic E-state index is 0.0576. The highest BCUT2D eigenvalue weighted by molar-refractivity contribution is 7.89. The van der Waals surface area contributed by atoms with Gasteiger partial charge in [-0.15, -0.1) is 0 Å². The summed E-state index contributed by atoms with van der Waals surface area (Å²) in [6, 6.07) is 18.8. The van der Waals surface area contributed by atoms with Crippen molar-refractivity contribution in [3.05, 3.63) is 88.9 Å². The third-order valence-corrected chi connectivity index (χ3v) is 6.54. The van der Waals surface area contributed by atoms with E-state index in [0.29, 0.717) is 17.0 Å². The Morgan fingerprint density at radius 1 is 0.970 bits per heavy atom. The maximum atomic E-state index is 13.0. The molecule has 2 N–H and O–H groups in total. The number of anilines is 1. The van der Waals surface area contributed by atoms with E-state index < -0.39 is 28.0 Å². The van der Waals surface area contributed by atoms with Gasteiger partial charge in [-0.25, -0.2) is 17.9 Å². The molecular weight excluding hydrogens is 468 g/mol. The van der Waals surface area contributed by atoms with Crippen molar-refractivity contribution in [3.8, 4) is 5.75 Å². The number of hydrogen-bond acceptors (Lipinski definition) is 6. The van der Waals surface area contributed by atoms with Crippen LogP contribution in [0, 0.1) is 0 Å². The molecule has 1 amide bonds. The van der Waals surface area contributed by atoms with E-state index in [1.54, 1.807) is 54.6 Å². The molecule has 10 heteroatoms. The molecule has 3 rings (SSSR count). The van der Waals surface area contributed by atoms with Gasteiger partial charge in [-0.05, 0) is 49.5 Å². The summed E-state index contributed by atoms with van der Waals surface area (Å²) in [5, 5.41) is 2.65. The predicted molar refractivity (Wildman–Crippen MR) is 124 cm³/mol. The summed E-state index contributed by atoms with van der Waals surface area (Å²) in [6.07, 6.45) is -1.29. The van der Waals surface area contributed by atoms with E-state index in [1.807, 2.05) is 0 Å². The maximum Gasteiger partial charge on any atom is 0.339 e. The molecule has 0 aliphatic heterocycles. The summed E-state index contributed by atoms with van der Waals surface area (Å²) < 4.78 is 37.1. The number of methoxy groups -OCH3 is 1. The number of ether oxygens (including phenoxy) is 2. The molecule has 1 atom stereocenters. The maximum absolute atomic E-state index is 13.0. The molecule has 33 heavy (non-hydrogen) atoms. The van der Waals surface area contributed by atoms with Crippen LogP contribution < -0.4 is 14.8 Å². The molecular formula is C23H21ClN2O6S. The van der Waals surface area contributed by atoms with Crippen LogP contribution in [0.3, 0.4) is 0 Å². The third kappa shape index (κ3) is 5.89. The first kappa shape index (κ1) is 24.2. The van der Waals surface area contributed by atoms with E-state index in [2.05, 4.69) is 10.0 Å². The fourth-order valence-electron chi connectivity index (χ4n) is 2.90. The predicted octanol–water partition coefficient (Wildman–Crippen LogP) is 3.79. The Bertz CT molecular complexity index is 1250. The molecule has 3 aromatic rings. The first-order chi connectivity index (χ1) is 15.7. The highest BCUT2D eigenvalue weighted by atomic mass is 35.5. The van der Waals surface area contributed by atoms with Crippen LogP contribution in [-0.2, 0) is 19.6 Å². The first-order valence-electron chi connectivity index (χ1n) is 9.69. The molecule has 0 fully saturated rings. The van der Waals surface area contributed by atoms with E-state index in [9.17, 15) is 18.0 Å². The Labute approximate surface area is 196 Å². The highest BCUT2D eigenvalue weighted by Crippen LogP contribution is 2.26. The second kappa shape index (κ2) is 10.5. The van der Waals surface area contributed by atoms with Crippen molar-refractivity contribution < 1.29 is 27.5 Å². The number of benzene rings is 3. The zero-order valence-corrected chi connectivity index (χ0v) is 19.3. The minimum Gasteiger partial charge on any atom is -0.497 e. The van der Waals surface area contributed by atoms with Gasteiger partial charge >= 0.3 is 5.97 Å². The summed E-state index contributed by atoms with van der Waals surface area (Å²) in [7, 11) is -1.15. The second-order valence-corrected chi connectivity index (χ2v) is 9.03. The lowest BCUT2D eigenvalue weighted by Crippen LogP contribution is -2.26. The van der Waals surface area contributed by atoms with Gasteiger partial charge in [-0.1, -0.05) is 41.9 Å². The van der Waals surface area contributed by atoms with Crippen molar-refractivity contribution >= 4 is 39.2 Å². The number of amides is 1. The van der Waals surface area contributed by atoms with E-state index in [4.69, 9.17) is 21.1 Å². The van der Waals surface area contributed by atoms with Crippen LogP contribution in [0.1, 0.15) is 22.0 Å². The highest BCUT2D eigenvalue weighted by Gasteiger charge is 2.27. The van der Waals surface area contributed by atoms with E-state index in [-0.39, 0.29) is 15.5 Å². The standard InChI is InChI=1S/C23H21ClN2O6S/c1-25-33(29,30)20-14-16(8-13-19(20)24)23(28)32-21(15-6-4-3-5-7-15)22(27)26-17-9-11-18(31-2)12-10-17/h3-14,21,25H,1-2H3,(H,26,27). The Morgan fingerprint density at radius 3 is 2.24 bits per heavy atom. The van der Waals surface area contributed by atoms with Crippen LogP contribution in [0.25, 0.3) is 0 Å². The number of hydrogen-bond donors (Lipinski definition) is 2. The largest absolute Gasteiger partial charge is 0.497 e. The van der Waals surface area contributed by atoms with Gasteiger partial charge in [0.2, 0.25) is 16.1 Å². The molecule has 0 saturated carbocycles. The molecule has 8 nitrogen and oxygen atoms in total. The molecule has 1 unspecified atom stereocenters. The topological polar surface area (TPSA) is 111 Å². The molecule has 0 aliphatic rings. The second-order valence-electron chi connectivity index (χ2n) is 6.77. The van der Waals surface area contributed by atoms with Crippen LogP contribution in [0.2, 0.25) is 5.02 Å². The van der Waals surface area contributed by atoms with Crippen LogP contribution in [0.5, 0.6) is 5.75 Å². The lowest BCUT2D eigenvalue weighted by Gasteiger charge is -2.18. The number of rotatable bonds is 8. The van der Waals surface area contributed by atoms with Gasteiger partial charge in [-0.2, -0.15) is 0 Å². The van der Waals surface area contributed by atoms with Crippen molar-refractivity contribution in [1.29, 1.82) is 0 Å². The van der Waals surface area contributed by atoms with Gasteiger partial charge in [0, 0.05) is 11.3 Å². The fourth-order valence-corrected chi connectivity index (χ4v) is 4.15. The zero-order valence-electron chi connectivity index (χ0n) is 17.7. The summed E-state index contributed by atoms with van der Waals surface area (Å²) >= 11 is 5.98. The summed E-state index contributed by atoms with van der Waals surface area (Å²) in [4.78, 5) is 25.6. The number of halogens is 1. The van der Waals surface area contributed by atoms with Crippen molar-refractivity contribution in [2.24, 2.45) is 0 Å².